The van der Waals surface area contributed by atoms with Crippen LogP contribution >= 0.6 is 0 Å². The highest BCUT2D eigenvalue weighted by atomic mass is 16.2. The lowest BCUT2D eigenvalue weighted by Crippen LogP contribution is -2.38. The second-order valence-electron chi connectivity index (χ2n) is 6.87. The normalized spacial score (nSPS) is 14.9. The van der Waals surface area contributed by atoms with Crippen molar-refractivity contribution in [2.24, 2.45) is 5.92 Å². The molecule has 1 fully saturated rings. The van der Waals surface area contributed by atoms with Crippen LogP contribution in [0.25, 0.3) is 11.1 Å². The molecule has 0 radical (unpaired) electrons. The Balaban J connectivity index is 1.49. The molecule has 4 heteroatoms. The van der Waals surface area contributed by atoms with Crippen LogP contribution in [-0.2, 0) is 9.59 Å². The number of hydrogen-bond acceptors (Lipinski definition) is 2. The summed E-state index contributed by atoms with van der Waals surface area (Å²) in [5.41, 5.74) is 3.13. The number of amides is 2. The van der Waals surface area contributed by atoms with Crippen LogP contribution in [0.4, 0.5) is 5.69 Å². The van der Waals surface area contributed by atoms with E-state index in [0.29, 0.717) is 18.8 Å². The number of rotatable bonds is 5. The van der Waals surface area contributed by atoms with E-state index in [2.05, 4.69) is 17.4 Å². The van der Waals surface area contributed by atoms with Gasteiger partial charge in [0.05, 0.1) is 0 Å². The van der Waals surface area contributed by atoms with Crippen molar-refractivity contribution in [3.8, 4) is 11.1 Å². The predicted octanol–water partition coefficient (Wildman–Crippen LogP) is 4.33. The number of hydrogen-bond donors (Lipinski definition) is 1. The highest BCUT2D eigenvalue weighted by molar-refractivity contribution is 5.91. The van der Waals surface area contributed by atoms with E-state index < -0.39 is 0 Å². The van der Waals surface area contributed by atoms with Crippen molar-refractivity contribution in [3.05, 3.63) is 54.6 Å². The first-order chi connectivity index (χ1) is 12.7. The number of nitrogens with zero attached hydrogens (tertiary/aromatic N) is 1. The molecular weight excluding hydrogens is 324 g/mol. The molecule has 1 aliphatic rings. The Labute approximate surface area is 155 Å². The maximum Gasteiger partial charge on any atom is 0.224 e. The minimum atomic E-state index is 0.0535. The van der Waals surface area contributed by atoms with Crippen molar-refractivity contribution in [3.63, 3.8) is 0 Å². The zero-order valence-corrected chi connectivity index (χ0v) is 15.3. The van der Waals surface area contributed by atoms with Gasteiger partial charge in [0.1, 0.15) is 0 Å². The van der Waals surface area contributed by atoms with E-state index in [1.807, 2.05) is 54.3 Å². The first-order valence-corrected chi connectivity index (χ1v) is 9.39. The van der Waals surface area contributed by atoms with Gasteiger partial charge >= 0.3 is 0 Å². The van der Waals surface area contributed by atoms with Crippen LogP contribution in [0, 0.1) is 5.92 Å². The van der Waals surface area contributed by atoms with Gasteiger partial charge in [0.2, 0.25) is 11.8 Å². The zero-order chi connectivity index (χ0) is 18.4. The van der Waals surface area contributed by atoms with E-state index >= 15 is 0 Å². The summed E-state index contributed by atoms with van der Waals surface area (Å²) in [7, 11) is 0. The van der Waals surface area contributed by atoms with Crippen LogP contribution in [0.15, 0.2) is 54.6 Å². The second kappa shape index (κ2) is 8.65. The summed E-state index contributed by atoms with van der Waals surface area (Å²) in [6.45, 7) is 3.44. The van der Waals surface area contributed by atoms with Crippen LogP contribution in [0.3, 0.4) is 0 Å². The molecule has 2 aromatic rings. The Morgan fingerprint density at radius 3 is 2.19 bits per heavy atom. The van der Waals surface area contributed by atoms with Crippen molar-refractivity contribution in [2.45, 2.75) is 32.6 Å². The van der Waals surface area contributed by atoms with Crippen molar-refractivity contribution in [1.82, 2.24) is 4.90 Å². The lowest BCUT2D eigenvalue weighted by atomic mass is 9.93. The van der Waals surface area contributed by atoms with Gasteiger partial charge in [0, 0.05) is 31.6 Å². The SMILES string of the molecule is CCC(=O)N1CCC(CC(=O)Nc2ccc(-c3ccccc3)cc2)CC1. The summed E-state index contributed by atoms with van der Waals surface area (Å²) < 4.78 is 0. The van der Waals surface area contributed by atoms with E-state index in [1.54, 1.807) is 0 Å². The third-order valence-corrected chi connectivity index (χ3v) is 5.02. The standard InChI is InChI=1S/C22H26N2O2/c1-2-22(26)24-14-12-17(13-15-24)16-21(25)23-20-10-8-19(9-11-20)18-6-4-3-5-7-18/h3-11,17H,2,12-16H2,1H3,(H,23,25). The van der Waals surface area contributed by atoms with Gasteiger partial charge in [-0.25, -0.2) is 0 Å². The molecule has 4 nitrogen and oxygen atoms in total. The fraction of sp³-hybridized carbons (Fsp3) is 0.364. The maximum absolute atomic E-state index is 12.3. The van der Waals surface area contributed by atoms with Gasteiger partial charge in [-0.05, 0) is 42.0 Å². The number of piperidine rings is 1. The van der Waals surface area contributed by atoms with Crippen LogP contribution in [0.2, 0.25) is 0 Å². The lowest BCUT2D eigenvalue weighted by molar-refractivity contribution is -0.132. The Hall–Kier alpha value is -2.62. The Kier molecular flexibility index (Phi) is 6.05. The van der Waals surface area contributed by atoms with Crippen molar-refractivity contribution >= 4 is 17.5 Å². The maximum atomic E-state index is 12.3. The molecule has 0 bridgehead atoms. The largest absolute Gasteiger partial charge is 0.343 e. The fourth-order valence-electron chi connectivity index (χ4n) is 3.46. The van der Waals surface area contributed by atoms with Crippen molar-refractivity contribution < 1.29 is 9.59 Å². The smallest absolute Gasteiger partial charge is 0.224 e. The van der Waals surface area contributed by atoms with Crippen LogP contribution in [0.5, 0.6) is 0 Å². The molecule has 0 unspecified atom stereocenters. The number of benzene rings is 2. The number of likely N-dealkylation sites (tertiary alicyclic amines) is 1. The van der Waals surface area contributed by atoms with Gasteiger partial charge in [-0.2, -0.15) is 0 Å². The first-order valence-electron chi connectivity index (χ1n) is 9.39. The van der Waals surface area contributed by atoms with E-state index in [0.717, 1.165) is 37.2 Å². The minimum Gasteiger partial charge on any atom is -0.343 e. The summed E-state index contributed by atoms with van der Waals surface area (Å²) in [5.74, 6) is 0.628. The summed E-state index contributed by atoms with van der Waals surface area (Å²) >= 11 is 0. The molecule has 0 atom stereocenters. The summed E-state index contributed by atoms with van der Waals surface area (Å²) in [4.78, 5) is 25.9. The average Bonchev–Trinajstić information content (AvgIpc) is 2.69. The molecule has 2 aromatic carbocycles. The quantitative estimate of drug-likeness (QED) is 0.872. The molecule has 1 heterocycles. The van der Waals surface area contributed by atoms with Crippen molar-refractivity contribution in [2.75, 3.05) is 18.4 Å². The number of carbonyl (C=O) groups excluding carboxylic acids is 2. The van der Waals surface area contributed by atoms with Crippen LogP contribution in [0.1, 0.15) is 32.6 Å². The Morgan fingerprint density at radius 2 is 1.58 bits per heavy atom. The van der Waals surface area contributed by atoms with Crippen LogP contribution < -0.4 is 5.32 Å². The van der Waals surface area contributed by atoms with E-state index in [-0.39, 0.29) is 11.8 Å². The van der Waals surface area contributed by atoms with Gasteiger partial charge in [-0.15, -0.1) is 0 Å². The van der Waals surface area contributed by atoms with Gasteiger partial charge in [-0.3, -0.25) is 9.59 Å². The summed E-state index contributed by atoms with van der Waals surface area (Å²) in [6.07, 6.45) is 2.90. The fourth-order valence-corrected chi connectivity index (χ4v) is 3.46. The van der Waals surface area contributed by atoms with E-state index in [1.165, 1.54) is 5.56 Å². The molecule has 0 spiro atoms. The summed E-state index contributed by atoms with van der Waals surface area (Å²) in [5, 5.41) is 2.99. The number of carbonyl (C=O) groups is 2. The topological polar surface area (TPSA) is 49.4 Å². The molecular formula is C22H26N2O2. The third kappa shape index (κ3) is 4.72. The summed E-state index contributed by atoms with van der Waals surface area (Å²) in [6, 6.07) is 18.1. The molecule has 2 amide bonds. The molecule has 0 saturated carbocycles. The van der Waals surface area contributed by atoms with E-state index in [9.17, 15) is 9.59 Å². The zero-order valence-electron chi connectivity index (χ0n) is 15.3. The predicted molar refractivity (Wildman–Crippen MR) is 105 cm³/mol. The van der Waals surface area contributed by atoms with Gasteiger partial charge < -0.3 is 10.2 Å². The Morgan fingerprint density at radius 1 is 0.962 bits per heavy atom. The average molecular weight is 350 g/mol. The molecule has 1 N–H and O–H groups in total. The monoisotopic (exact) mass is 350 g/mol. The molecule has 1 saturated heterocycles. The molecule has 0 aliphatic carbocycles. The third-order valence-electron chi connectivity index (χ3n) is 5.02. The molecule has 26 heavy (non-hydrogen) atoms. The number of anilines is 1. The van der Waals surface area contributed by atoms with Gasteiger partial charge in [0.15, 0.2) is 0 Å². The van der Waals surface area contributed by atoms with Crippen molar-refractivity contribution in [1.29, 1.82) is 0 Å². The molecule has 0 aromatic heterocycles. The first kappa shape index (κ1) is 18.2. The van der Waals surface area contributed by atoms with E-state index in [4.69, 9.17) is 0 Å². The molecule has 1 aliphatic heterocycles. The van der Waals surface area contributed by atoms with Gasteiger partial charge in [-0.1, -0.05) is 49.4 Å². The van der Waals surface area contributed by atoms with Crippen LogP contribution in [-0.4, -0.2) is 29.8 Å². The highest BCUT2D eigenvalue weighted by Crippen LogP contribution is 2.23. The minimum absolute atomic E-state index is 0.0535. The molecule has 3 rings (SSSR count). The highest BCUT2D eigenvalue weighted by Gasteiger charge is 2.23. The Bertz CT molecular complexity index is 732. The lowest BCUT2D eigenvalue weighted by Gasteiger charge is -2.31. The second-order valence-corrected chi connectivity index (χ2v) is 6.87. The van der Waals surface area contributed by atoms with Gasteiger partial charge in [0.25, 0.3) is 0 Å². The molecule has 136 valence electrons. The number of nitrogens with one attached hydrogen (secondary N) is 1.